The Morgan fingerprint density at radius 2 is 1.76 bits per heavy atom. The Bertz CT molecular complexity index is 974. The Hall–Kier alpha value is -2.92. The standard InChI is InChI=1S/C24H27N3O2/c1-18(2)20-8-10-21(11-9-20)24-23-5-3-14-25(23)15-4-16-26(24)17-19-6-12-22(13-7-19)27(28)29/h3,5-14,18,24H,4,15-17H2,1-2H3/t24-/m1/s1. The van der Waals surface area contributed by atoms with Gasteiger partial charge in [-0.2, -0.15) is 0 Å². The van der Waals surface area contributed by atoms with Crippen LogP contribution >= 0.6 is 0 Å². The zero-order valence-electron chi connectivity index (χ0n) is 17.0. The molecule has 1 aliphatic rings. The van der Waals surface area contributed by atoms with E-state index in [1.807, 2.05) is 12.1 Å². The van der Waals surface area contributed by atoms with E-state index in [0.29, 0.717) is 5.92 Å². The molecule has 0 amide bonds. The van der Waals surface area contributed by atoms with Gasteiger partial charge in [-0.05, 0) is 41.2 Å². The third kappa shape index (κ3) is 4.10. The second-order valence-electron chi connectivity index (χ2n) is 8.10. The molecule has 29 heavy (non-hydrogen) atoms. The second kappa shape index (κ2) is 8.21. The maximum absolute atomic E-state index is 11.0. The van der Waals surface area contributed by atoms with E-state index in [-0.39, 0.29) is 16.7 Å². The van der Waals surface area contributed by atoms with E-state index in [2.05, 4.69) is 65.9 Å². The normalized spacial score (nSPS) is 17.1. The molecule has 1 aliphatic heterocycles. The highest BCUT2D eigenvalue weighted by Gasteiger charge is 2.27. The minimum atomic E-state index is -0.346. The Kier molecular flexibility index (Phi) is 5.49. The van der Waals surface area contributed by atoms with Crippen molar-refractivity contribution in [2.24, 2.45) is 0 Å². The Labute approximate surface area is 171 Å². The van der Waals surface area contributed by atoms with E-state index < -0.39 is 0 Å². The summed E-state index contributed by atoms with van der Waals surface area (Å²) in [5, 5.41) is 11.0. The van der Waals surface area contributed by atoms with Crippen LogP contribution in [0.1, 0.15) is 54.6 Å². The third-order valence-electron chi connectivity index (χ3n) is 5.81. The fourth-order valence-electron chi connectivity index (χ4n) is 4.21. The number of aryl methyl sites for hydroxylation is 1. The fourth-order valence-corrected chi connectivity index (χ4v) is 4.21. The van der Waals surface area contributed by atoms with Crippen LogP contribution in [0.5, 0.6) is 0 Å². The number of nitro benzene ring substituents is 1. The van der Waals surface area contributed by atoms with Gasteiger partial charge in [-0.3, -0.25) is 15.0 Å². The molecule has 3 aromatic rings. The summed E-state index contributed by atoms with van der Waals surface area (Å²) in [6, 6.07) is 20.5. The van der Waals surface area contributed by atoms with Crippen LogP contribution in [0.25, 0.3) is 0 Å². The molecule has 5 nitrogen and oxygen atoms in total. The maximum Gasteiger partial charge on any atom is 0.269 e. The summed E-state index contributed by atoms with van der Waals surface area (Å²) in [5.41, 5.74) is 5.18. The SMILES string of the molecule is CC(C)c1ccc([C@@H]2c3cccn3CCCN2Cc2ccc([N+](=O)[O-])cc2)cc1. The summed E-state index contributed by atoms with van der Waals surface area (Å²) >= 11 is 0. The summed E-state index contributed by atoms with van der Waals surface area (Å²) in [6.07, 6.45) is 3.25. The highest BCUT2D eigenvalue weighted by atomic mass is 16.6. The van der Waals surface area contributed by atoms with Crippen molar-refractivity contribution < 1.29 is 4.92 Å². The second-order valence-corrected chi connectivity index (χ2v) is 8.10. The number of benzene rings is 2. The van der Waals surface area contributed by atoms with Gasteiger partial charge in [0.15, 0.2) is 0 Å². The molecule has 0 aliphatic carbocycles. The Morgan fingerprint density at radius 1 is 1.03 bits per heavy atom. The number of rotatable bonds is 5. The summed E-state index contributed by atoms with van der Waals surface area (Å²) in [5.74, 6) is 0.512. The molecule has 150 valence electrons. The zero-order chi connectivity index (χ0) is 20.4. The lowest BCUT2D eigenvalue weighted by molar-refractivity contribution is -0.384. The molecule has 2 heterocycles. The summed E-state index contributed by atoms with van der Waals surface area (Å²) in [6.45, 7) is 7.19. The lowest BCUT2D eigenvalue weighted by atomic mass is 9.96. The molecule has 0 spiro atoms. The monoisotopic (exact) mass is 389 g/mol. The molecular formula is C24H27N3O2. The fraction of sp³-hybridized carbons (Fsp3) is 0.333. The van der Waals surface area contributed by atoms with Gasteiger partial charge in [-0.25, -0.2) is 0 Å². The molecule has 0 bridgehead atoms. The molecule has 0 fully saturated rings. The van der Waals surface area contributed by atoms with Gasteiger partial charge >= 0.3 is 0 Å². The molecule has 5 heteroatoms. The van der Waals surface area contributed by atoms with Crippen molar-refractivity contribution in [3.05, 3.63) is 99.4 Å². The van der Waals surface area contributed by atoms with Gasteiger partial charge in [-0.1, -0.05) is 50.2 Å². The molecule has 0 saturated heterocycles. The van der Waals surface area contributed by atoms with Gasteiger partial charge in [-0.15, -0.1) is 0 Å². The zero-order valence-corrected chi connectivity index (χ0v) is 17.0. The molecule has 0 unspecified atom stereocenters. The van der Waals surface area contributed by atoms with Crippen LogP contribution in [0, 0.1) is 10.1 Å². The highest BCUT2D eigenvalue weighted by molar-refractivity contribution is 5.35. The summed E-state index contributed by atoms with van der Waals surface area (Å²) < 4.78 is 2.36. The van der Waals surface area contributed by atoms with Crippen LogP contribution in [0.4, 0.5) is 5.69 Å². The molecular weight excluding hydrogens is 362 g/mol. The Balaban J connectivity index is 1.67. The van der Waals surface area contributed by atoms with Crippen molar-refractivity contribution in [3.8, 4) is 0 Å². The van der Waals surface area contributed by atoms with E-state index in [0.717, 1.165) is 31.6 Å². The Morgan fingerprint density at radius 3 is 2.41 bits per heavy atom. The van der Waals surface area contributed by atoms with Crippen molar-refractivity contribution in [1.29, 1.82) is 0 Å². The number of aromatic nitrogens is 1. The van der Waals surface area contributed by atoms with Crippen LogP contribution in [0.2, 0.25) is 0 Å². The summed E-state index contributed by atoms with van der Waals surface area (Å²) in [7, 11) is 0. The molecule has 0 radical (unpaired) electrons. The van der Waals surface area contributed by atoms with E-state index >= 15 is 0 Å². The average Bonchev–Trinajstić information content (AvgIpc) is 3.10. The molecule has 1 atom stereocenters. The van der Waals surface area contributed by atoms with Crippen LogP contribution < -0.4 is 0 Å². The van der Waals surface area contributed by atoms with Gasteiger partial charge in [0.1, 0.15) is 0 Å². The average molecular weight is 389 g/mol. The van der Waals surface area contributed by atoms with E-state index in [1.165, 1.54) is 16.8 Å². The van der Waals surface area contributed by atoms with Gasteiger partial charge in [0.25, 0.3) is 5.69 Å². The molecule has 0 saturated carbocycles. The predicted molar refractivity (Wildman–Crippen MR) is 115 cm³/mol. The summed E-state index contributed by atoms with van der Waals surface area (Å²) in [4.78, 5) is 13.1. The smallest absolute Gasteiger partial charge is 0.269 e. The van der Waals surface area contributed by atoms with Gasteiger partial charge in [0.05, 0.1) is 11.0 Å². The predicted octanol–water partition coefficient (Wildman–Crippen LogP) is 5.52. The van der Waals surface area contributed by atoms with Crippen molar-refractivity contribution in [3.63, 3.8) is 0 Å². The molecule has 1 aromatic heterocycles. The quantitative estimate of drug-likeness (QED) is 0.427. The first-order valence-electron chi connectivity index (χ1n) is 10.2. The van der Waals surface area contributed by atoms with Crippen LogP contribution in [0.3, 0.4) is 0 Å². The molecule has 4 rings (SSSR count). The first-order valence-corrected chi connectivity index (χ1v) is 10.2. The topological polar surface area (TPSA) is 51.3 Å². The minimum absolute atomic E-state index is 0.138. The van der Waals surface area contributed by atoms with Crippen LogP contribution in [-0.2, 0) is 13.1 Å². The number of fused-ring (bicyclic) bond motifs is 1. The first kappa shape index (κ1) is 19.4. The van der Waals surface area contributed by atoms with Crippen molar-refractivity contribution in [2.45, 2.75) is 45.3 Å². The van der Waals surface area contributed by atoms with Gasteiger partial charge in [0, 0.05) is 43.7 Å². The minimum Gasteiger partial charge on any atom is -0.350 e. The largest absolute Gasteiger partial charge is 0.350 e. The number of nitrogens with zero attached hydrogens (tertiary/aromatic N) is 3. The molecule has 2 aromatic carbocycles. The van der Waals surface area contributed by atoms with E-state index in [1.54, 1.807) is 12.1 Å². The molecule has 0 N–H and O–H groups in total. The van der Waals surface area contributed by atoms with Crippen LogP contribution in [0.15, 0.2) is 66.9 Å². The first-order chi connectivity index (χ1) is 14.0. The van der Waals surface area contributed by atoms with Crippen molar-refractivity contribution >= 4 is 5.69 Å². The van der Waals surface area contributed by atoms with Crippen LogP contribution in [-0.4, -0.2) is 20.9 Å². The van der Waals surface area contributed by atoms with Gasteiger partial charge < -0.3 is 4.57 Å². The van der Waals surface area contributed by atoms with E-state index in [9.17, 15) is 10.1 Å². The van der Waals surface area contributed by atoms with Crippen molar-refractivity contribution in [2.75, 3.05) is 6.54 Å². The third-order valence-corrected chi connectivity index (χ3v) is 5.81. The number of hydrogen-bond donors (Lipinski definition) is 0. The lowest BCUT2D eigenvalue weighted by Crippen LogP contribution is -2.29. The maximum atomic E-state index is 11.0. The number of nitro groups is 1. The van der Waals surface area contributed by atoms with Crippen molar-refractivity contribution in [1.82, 2.24) is 9.47 Å². The lowest BCUT2D eigenvalue weighted by Gasteiger charge is -2.31. The number of hydrogen-bond acceptors (Lipinski definition) is 3. The highest BCUT2D eigenvalue weighted by Crippen LogP contribution is 2.34. The van der Waals surface area contributed by atoms with Gasteiger partial charge in [0.2, 0.25) is 0 Å². The number of non-ortho nitro benzene ring substituents is 1. The van der Waals surface area contributed by atoms with E-state index in [4.69, 9.17) is 0 Å².